The Bertz CT molecular complexity index is 1130. The van der Waals surface area contributed by atoms with Crippen molar-refractivity contribution in [1.29, 1.82) is 0 Å². The van der Waals surface area contributed by atoms with E-state index in [1.807, 2.05) is 55.5 Å². The maximum atomic E-state index is 12.6. The Morgan fingerprint density at radius 2 is 1.86 bits per heavy atom. The molecule has 0 aliphatic rings. The molecule has 29 heavy (non-hydrogen) atoms. The van der Waals surface area contributed by atoms with Gasteiger partial charge in [0.15, 0.2) is 0 Å². The molecule has 0 aliphatic carbocycles. The first-order valence-electron chi connectivity index (χ1n) is 9.08. The zero-order valence-electron chi connectivity index (χ0n) is 16.1. The van der Waals surface area contributed by atoms with E-state index in [1.54, 1.807) is 19.4 Å². The van der Waals surface area contributed by atoms with Crippen LogP contribution in [0.5, 0.6) is 5.75 Å². The molecule has 6 nitrogen and oxygen atoms in total. The minimum atomic E-state index is -1.21. The van der Waals surface area contributed by atoms with Gasteiger partial charge in [0, 0.05) is 28.0 Å². The standard InChI is InChI=1S/C22H20N2O4S/c1-15-7-9-16(10-8-15)22-23-17(12-27-22)13-29(25)14-18-11-20(24-28-18)19-5-3-4-6-21(19)26-2/h3-12H,13-14H2,1-2H3/t29-/m0/s1. The van der Waals surface area contributed by atoms with Crippen LogP contribution in [0.4, 0.5) is 0 Å². The summed E-state index contributed by atoms with van der Waals surface area (Å²) in [5.74, 6) is 2.30. The van der Waals surface area contributed by atoms with E-state index in [0.717, 1.165) is 11.1 Å². The minimum Gasteiger partial charge on any atom is -0.496 e. The number of nitrogens with zero attached hydrogens (tertiary/aromatic N) is 2. The minimum absolute atomic E-state index is 0.245. The Morgan fingerprint density at radius 3 is 2.66 bits per heavy atom. The highest BCUT2D eigenvalue weighted by atomic mass is 32.2. The van der Waals surface area contributed by atoms with Crippen LogP contribution in [0.2, 0.25) is 0 Å². The third kappa shape index (κ3) is 4.46. The van der Waals surface area contributed by atoms with Gasteiger partial charge in [0.25, 0.3) is 0 Å². The van der Waals surface area contributed by atoms with Crippen LogP contribution < -0.4 is 4.74 Å². The van der Waals surface area contributed by atoms with E-state index in [1.165, 1.54) is 5.56 Å². The predicted molar refractivity (Wildman–Crippen MR) is 111 cm³/mol. The smallest absolute Gasteiger partial charge is 0.226 e. The van der Waals surface area contributed by atoms with E-state index in [4.69, 9.17) is 13.7 Å². The molecule has 7 heteroatoms. The number of para-hydroxylation sites is 1. The fourth-order valence-electron chi connectivity index (χ4n) is 2.94. The predicted octanol–water partition coefficient (Wildman–Crippen LogP) is 4.76. The van der Waals surface area contributed by atoms with Gasteiger partial charge < -0.3 is 13.7 Å². The summed E-state index contributed by atoms with van der Waals surface area (Å²) in [6.07, 6.45) is 1.55. The van der Waals surface area contributed by atoms with Crippen molar-refractivity contribution >= 4 is 10.8 Å². The van der Waals surface area contributed by atoms with Gasteiger partial charge in [-0.25, -0.2) is 4.98 Å². The number of benzene rings is 2. The zero-order chi connectivity index (χ0) is 20.2. The number of aryl methyl sites for hydroxylation is 1. The molecular formula is C22H20N2O4S. The molecule has 1 atom stereocenters. The lowest BCUT2D eigenvalue weighted by molar-refractivity contribution is 0.394. The molecule has 0 spiro atoms. The third-order valence-corrected chi connectivity index (χ3v) is 5.63. The maximum Gasteiger partial charge on any atom is 0.226 e. The van der Waals surface area contributed by atoms with Crippen LogP contribution in [0.25, 0.3) is 22.7 Å². The molecular weight excluding hydrogens is 388 g/mol. The van der Waals surface area contributed by atoms with Gasteiger partial charge in [-0.15, -0.1) is 0 Å². The molecule has 0 saturated heterocycles. The van der Waals surface area contributed by atoms with E-state index < -0.39 is 10.8 Å². The third-order valence-electron chi connectivity index (χ3n) is 4.40. The van der Waals surface area contributed by atoms with Crippen molar-refractivity contribution in [2.24, 2.45) is 0 Å². The summed E-state index contributed by atoms with van der Waals surface area (Å²) in [5, 5.41) is 4.08. The summed E-state index contributed by atoms with van der Waals surface area (Å²) in [7, 11) is 0.402. The van der Waals surface area contributed by atoms with Crippen LogP contribution in [-0.2, 0) is 22.3 Å². The Kier molecular flexibility index (Phi) is 5.57. The fourth-order valence-corrected chi connectivity index (χ4v) is 3.96. The molecule has 0 N–H and O–H groups in total. The van der Waals surface area contributed by atoms with Crippen molar-refractivity contribution in [3.63, 3.8) is 0 Å². The van der Waals surface area contributed by atoms with Gasteiger partial charge in [-0.2, -0.15) is 0 Å². The summed E-state index contributed by atoms with van der Waals surface area (Å²) in [4.78, 5) is 4.44. The summed E-state index contributed by atoms with van der Waals surface area (Å²) in [6, 6.07) is 17.3. The molecule has 4 aromatic rings. The number of oxazole rings is 1. The van der Waals surface area contributed by atoms with Crippen molar-refractivity contribution in [3.8, 4) is 28.5 Å². The Hall–Kier alpha value is -3.19. The molecule has 0 fully saturated rings. The van der Waals surface area contributed by atoms with Crippen molar-refractivity contribution < 1.29 is 17.9 Å². The van der Waals surface area contributed by atoms with Crippen LogP contribution in [0.3, 0.4) is 0 Å². The van der Waals surface area contributed by atoms with Crippen molar-refractivity contribution in [2.45, 2.75) is 18.4 Å². The monoisotopic (exact) mass is 408 g/mol. The van der Waals surface area contributed by atoms with Crippen LogP contribution in [0, 0.1) is 6.92 Å². The van der Waals surface area contributed by atoms with Crippen LogP contribution >= 0.6 is 0 Å². The second kappa shape index (κ2) is 8.45. The number of ether oxygens (including phenoxy) is 1. The van der Waals surface area contributed by atoms with Gasteiger partial charge >= 0.3 is 0 Å². The van der Waals surface area contributed by atoms with Crippen LogP contribution in [-0.4, -0.2) is 21.5 Å². The van der Waals surface area contributed by atoms with Gasteiger partial charge in [0.1, 0.15) is 23.5 Å². The lowest BCUT2D eigenvalue weighted by Gasteiger charge is -2.03. The molecule has 0 amide bonds. The molecule has 2 aromatic heterocycles. The molecule has 0 radical (unpaired) electrons. The van der Waals surface area contributed by atoms with Crippen molar-refractivity contribution in [1.82, 2.24) is 10.1 Å². The number of hydrogen-bond donors (Lipinski definition) is 0. The van der Waals surface area contributed by atoms with Crippen molar-refractivity contribution in [2.75, 3.05) is 7.11 Å². The summed E-state index contributed by atoms with van der Waals surface area (Å²) in [5.41, 5.74) is 4.18. The number of rotatable bonds is 7. The first-order valence-corrected chi connectivity index (χ1v) is 10.6. The van der Waals surface area contributed by atoms with E-state index in [9.17, 15) is 4.21 Å². The molecule has 0 bridgehead atoms. The Morgan fingerprint density at radius 1 is 1.07 bits per heavy atom. The second-order valence-corrected chi connectivity index (χ2v) is 8.07. The van der Waals surface area contributed by atoms with E-state index in [0.29, 0.717) is 28.8 Å². The number of hydrogen-bond acceptors (Lipinski definition) is 6. The number of aromatic nitrogens is 2. The first kappa shape index (κ1) is 19.1. The van der Waals surface area contributed by atoms with E-state index in [2.05, 4.69) is 10.1 Å². The van der Waals surface area contributed by atoms with Gasteiger partial charge in [0.2, 0.25) is 5.89 Å². The van der Waals surface area contributed by atoms with Gasteiger partial charge in [0.05, 0.1) is 24.3 Å². The van der Waals surface area contributed by atoms with Gasteiger partial charge in [-0.05, 0) is 31.2 Å². The average Bonchev–Trinajstić information content (AvgIpc) is 3.38. The van der Waals surface area contributed by atoms with E-state index >= 15 is 0 Å². The molecule has 148 valence electrons. The maximum absolute atomic E-state index is 12.6. The first-order chi connectivity index (χ1) is 14.1. The van der Waals surface area contributed by atoms with Gasteiger partial charge in [-0.3, -0.25) is 4.21 Å². The fraction of sp³-hybridized carbons (Fsp3) is 0.182. The second-order valence-electron chi connectivity index (χ2n) is 6.62. The molecule has 2 aromatic carbocycles. The molecule has 4 rings (SSSR count). The highest BCUT2D eigenvalue weighted by Gasteiger charge is 2.15. The lowest BCUT2D eigenvalue weighted by Crippen LogP contribution is -1.99. The summed E-state index contributed by atoms with van der Waals surface area (Å²) < 4.78 is 28.8. The zero-order valence-corrected chi connectivity index (χ0v) is 16.9. The molecule has 0 unspecified atom stereocenters. The van der Waals surface area contributed by atoms with Gasteiger partial charge in [-0.1, -0.05) is 35.0 Å². The van der Waals surface area contributed by atoms with Crippen LogP contribution in [0.15, 0.2) is 69.8 Å². The SMILES string of the molecule is COc1ccccc1-c1cc(C[S@@](=O)Cc2coc(-c3ccc(C)cc3)n2)on1. The quantitative estimate of drug-likeness (QED) is 0.439. The summed E-state index contributed by atoms with van der Waals surface area (Å²) in [6.45, 7) is 2.02. The topological polar surface area (TPSA) is 78.4 Å². The molecule has 2 heterocycles. The Balaban J connectivity index is 1.42. The number of methoxy groups -OCH3 is 1. The Labute approximate surface area is 171 Å². The van der Waals surface area contributed by atoms with E-state index in [-0.39, 0.29) is 11.5 Å². The van der Waals surface area contributed by atoms with Crippen LogP contribution in [0.1, 0.15) is 17.0 Å². The average molecular weight is 408 g/mol. The van der Waals surface area contributed by atoms with Crippen molar-refractivity contribution in [3.05, 3.63) is 77.9 Å². The summed E-state index contributed by atoms with van der Waals surface area (Å²) >= 11 is 0. The highest BCUT2D eigenvalue weighted by Crippen LogP contribution is 2.29. The molecule has 0 aliphatic heterocycles. The highest BCUT2D eigenvalue weighted by molar-refractivity contribution is 7.83. The largest absolute Gasteiger partial charge is 0.496 e. The normalized spacial score (nSPS) is 12.1. The lowest BCUT2D eigenvalue weighted by atomic mass is 10.1. The molecule has 0 saturated carbocycles.